The number of imide groups is 1. The molecule has 0 rings (SSSR count). The number of ether oxygens (including phenoxy) is 2. The molecule has 0 heterocycles. The summed E-state index contributed by atoms with van der Waals surface area (Å²) in [6.07, 6.45) is -1.46. The van der Waals surface area contributed by atoms with Gasteiger partial charge in [-0.05, 0) is 7.05 Å². The number of nitrogens with one attached hydrogen (secondary N) is 1. The van der Waals surface area contributed by atoms with E-state index in [-0.39, 0.29) is 19.7 Å². The maximum Gasteiger partial charge on any atom is 0.413 e. The molecule has 2 amide bonds. The van der Waals surface area contributed by atoms with Gasteiger partial charge in [-0.3, -0.25) is 15.0 Å². The van der Waals surface area contributed by atoms with E-state index in [1.807, 2.05) is 5.32 Å². The van der Waals surface area contributed by atoms with Crippen LogP contribution in [0.4, 0.5) is 4.79 Å². The maximum atomic E-state index is 11.2. The van der Waals surface area contributed by atoms with Crippen LogP contribution in [0, 0.1) is 0 Å². The van der Waals surface area contributed by atoms with Crippen LogP contribution in [0.15, 0.2) is 0 Å². The van der Waals surface area contributed by atoms with Gasteiger partial charge in [0.15, 0.2) is 0 Å². The fourth-order valence-electron chi connectivity index (χ4n) is 1.12. The second kappa shape index (κ2) is 8.03. The van der Waals surface area contributed by atoms with Crippen LogP contribution in [-0.4, -0.2) is 69.1 Å². The number of nitrogens with zero attached hydrogens (tertiary/aromatic N) is 1. The summed E-state index contributed by atoms with van der Waals surface area (Å²) in [5.41, 5.74) is 0. The molecule has 0 bridgehead atoms. The van der Waals surface area contributed by atoms with Crippen LogP contribution in [0.2, 0.25) is 0 Å². The second-order valence-corrected chi connectivity index (χ2v) is 3.35. The van der Waals surface area contributed by atoms with Crippen molar-refractivity contribution in [2.75, 3.05) is 41.0 Å². The van der Waals surface area contributed by atoms with Crippen molar-refractivity contribution in [3.63, 3.8) is 0 Å². The van der Waals surface area contributed by atoms with Crippen LogP contribution < -0.4 is 5.32 Å². The Morgan fingerprint density at radius 1 is 1.44 bits per heavy atom. The lowest BCUT2D eigenvalue weighted by atomic mass is 10.3. The number of rotatable bonds is 6. The van der Waals surface area contributed by atoms with Gasteiger partial charge in [0.2, 0.25) is 5.91 Å². The third kappa shape index (κ3) is 7.16. The van der Waals surface area contributed by atoms with Gasteiger partial charge < -0.3 is 14.6 Å². The van der Waals surface area contributed by atoms with Crippen LogP contribution >= 0.6 is 0 Å². The summed E-state index contributed by atoms with van der Waals surface area (Å²) in [5.74, 6) is -0.487. The zero-order valence-corrected chi connectivity index (χ0v) is 9.73. The zero-order chi connectivity index (χ0) is 12.6. The Bertz CT molecular complexity index is 234. The third-order valence-corrected chi connectivity index (χ3v) is 1.72. The summed E-state index contributed by atoms with van der Waals surface area (Å²) >= 11 is 0. The highest BCUT2D eigenvalue weighted by Gasteiger charge is 2.13. The number of hydrogen-bond acceptors (Lipinski definition) is 6. The molecule has 0 aromatic rings. The van der Waals surface area contributed by atoms with Gasteiger partial charge in [-0.2, -0.15) is 0 Å². The molecule has 0 aliphatic carbocycles. The summed E-state index contributed by atoms with van der Waals surface area (Å²) in [6, 6.07) is 0. The average Bonchev–Trinajstić information content (AvgIpc) is 2.16. The van der Waals surface area contributed by atoms with E-state index in [1.165, 1.54) is 14.2 Å². The normalized spacial score (nSPS) is 12.3. The number of amides is 2. The first-order valence-electron chi connectivity index (χ1n) is 4.73. The molecule has 0 aromatic heterocycles. The minimum absolute atomic E-state index is 0.00409. The van der Waals surface area contributed by atoms with Gasteiger partial charge in [0, 0.05) is 13.7 Å². The summed E-state index contributed by atoms with van der Waals surface area (Å²) in [5, 5.41) is 11.4. The minimum Gasteiger partial charge on any atom is -0.453 e. The van der Waals surface area contributed by atoms with Crippen molar-refractivity contribution in [1.29, 1.82) is 0 Å². The smallest absolute Gasteiger partial charge is 0.413 e. The van der Waals surface area contributed by atoms with Crippen molar-refractivity contribution in [1.82, 2.24) is 10.2 Å². The molecule has 7 nitrogen and oxygen atoms in total. The van der Waals surface area contributed by atoms with Crippen molar-refractivity contribution < 1.29 is 24.2 Å². The second-order valence-electron chi connectivity index (χ2n) is 3.35. The molecule has 0 spiro atoms. The number of methoxy groups -OCH3 is 2. The van der Waals surface area contributed by atoms with Crippen LogP contribution in [0.1, 0.15) is 0 Å². The van der Waals surface area contributed by atoms with Crippen molar-refractivity contribution in [2.24, 2.45) is 0 Å². The first kappa shape index (κ1) is 14.8. The van der Waals surface area contributed by atoms with E-state index in [9.17, 15) is 14.7 Å². The molecule has 7 heteroatoms. The van der Waals surface area contributed by atoms with Gasteiger partial charge in [0.05, 0.1) is 26.4 Å². The standard InChI is InChI=1S/C9H18N2O5/c1-11(4-7(12)6-15-2)5-8(13)10-9(14)16-3/h7,12H,4-6H2,1-3H3,(H,10,13,14). The van der Waals surface area contributed by atoms with E-state index in [0.29, 0.717) is 0 Å². The molecule has 0 saturated carbocycles. The molecule has 0 radical (unpaired) electrons. The Morgan fingerprint density at radius 2 is 2.06 bits per heavy atom. The molecule has 2 N–H and O–H groups in total. The van der Waals surface area contributed by atoms with Crippen LogP contribution in [-0.2, 0) is 14.3 Å². The Kier molecular flexibility index (Phi) is 7.44. The molecule has 1 unspecified atom stereocenters. The molecule has 0 aliphatic rings. The van der Waals surface area contributed by atoms with E-state index in [1.54, 1.807) is 11.9 Å². The molecular formula is C9H18N2O5. The molecule has 0 saturated heterocycles. The topological polar surface area (TPSA) is 88.1 Å². The summed E-state index contributed by atoms with van der Waals surface area (Å²) in [7, 11) is 4.30. The summed E-state index contributed by atoms with van der Waals surface area (Å²) in [4.78, 5) is 23.5. The monoisotopic (exact) mass is 234 g/mol. The van der Waals surface area contributed by atoms with Crippen molar-refractivity contribution in [3.05, 3.63) is 0 Å². The van der Waals surface area contributed by atoms with Crippen LogP contribution in [0.25, 0.3) is 0 Å². The van der Waals surface area contributed by atoms with Gasteiger partial charge in [-0.1, -0.05) is 0 Å². The minimum atomic E-state index is -0.796. The molecule has 0 aliphatic heterocycles. The number of carbonyl (C=O) groups excluding carboxylic acids is 2. The lowest BCUT2D eigenvalue weighted by molar-refractivity contribution is -0.121. The number of likely N-dealkylation sites (N-methyl/N-ethyl adjacent to an activating group) is 1. The quantitative estimate of drug-likeness (QED) is 0.600. The average molecular weight is 234 g/mol. The van der Waals surface area contributed by atoms with Gasteiger partial charge in [0.25, 0.3) is 0 Å². The molecule has 1 atom stereocenters. The van der Waals surface area contributed by atoms with Gasteiger partial charge in [0.1, 0.15) is 0 Å². The highest BCUT2D eigenvalue weighted by Crippen LogP contribution is 1.90. The number of alkyl carbamates (subject to hydrolysis) is 1. The Morgan fingerprint density at radius 3 is 2.56 bits per heavy atom. The van der Waals surface area contributed by atoms with E-state index in [4.69, 9.17) is 4.74 Å². The Hall–Kier alpha value is -1.18. The van der Waals surface area contributed by atoms with Gasteiger partial charge in [-0.15, -0.1) is 0 Å². The van der Waals surface area contributed by atoms with Crippen molar-refractivity contribution >= 4 is 12.0 Å². The Labute approximate surface area is 94.3 Å². The molecule has 16 heavy (non-hydrogen) atoms. The lowest BCUT2D eigenvalue weighted by Crippen LogP contribution is -2.41. The predicted molar refractivity (Wildman–Crippen MR) is 55.9 cm³/mol. The predicted octanol–water partition coefficient (Wildman–Crippen LogP) is -1.19. The number of hydrogen-bond donors (Lipinski definition) is 2. The van der Waals surface area contributed by atoms with Crippen LogP contribution in [0.5, 0.6) is 0 Å². The lowest BCUT2D eigenvalue weighted by Gasteiger charge is -2.19. The van der Waals surface area contributed by atoms with E-state index in [0.717, 1.165) is 0 Å². The highest BCUT2D eigenvalue weighted by molar-refractivity contribution is 5.92. The third-order valence-electron chi connectivity index (χ3n) is 1.72. The molecule has 94 valence electrons. The first-order valence-corrected chi connectivity index (χ1v) is 4.73. The maximum absolute atomic E-state index is 11.2. The van der Waals surface area contributed by atoms with Gasteiger partial charge >= 0.3 is 6.09 Å². The Balaban J connectivity index is 3.81. The highest BCUT2D eigenvalue weighted by atomic mass is 16.5. The number of carbonyl (C=O) groups is 2. The van der Waals surface area contributed by atoms with Crippen LogP contribution in [0.3, 0.4) is 0 Å². The zero-order valence-electron chi connectivity index (χ0n) is 9.73. The SMILES string of the molecule is COCC(O)CN(C)CC(=O)NC(=O)OC. The fourth-order valence-corrected chi connectivity index (χ4v) is 1.12. The first-order chi connectivity index (χ1) is 7.49. The largest absolute Gasteiger partial charge is 0.453 e. The summed E-state index contributed by atoms with van der Waals surface area (Å²) in [6.45, 7) is 0.473. The molecule has 0 aromatic carbocycles. The van der Waals surface area contributed by atoms with Crippen molar-refractivity contribution in [2.45, 2.75) is 6.10 Å². The van der Waals surface area contributed by atoms with E-state index < -0.39 is 18.1 Å². The van der Waals surface area contributed by atoms with E-state index >= 15 is 0 Å². The van der Waals surface area contributed by atoms with Crippen molar-refractivity contribution in [3.8, 4) is 0 Å². The van der Waals surface area contributed by atoms with E-state index in [2.05, 4.69) is 4.74 Å². The fraction of sp³-hybridized carbons (Fsp3) is 0.778. The number of aliphatic hydroxyl groups excluding tert-OH is 1. The van der Waals surface area contributed by atoms with Gasteiger partial charge in [-0.25, -0.2) is 4.79 Å². The number of aliphatic hydroxyl groups is 1. The molecular weight excluding hydrogens is 216 g/mol. The molecule has 0 fully saturated rings. The summed E-state index contributed by atoms with van der Waals surface area (Å²) < 4.78 is 9.00.